The number of amides is 2. The predicted octanol–water partition coefficient (Wildman–Crippen LogP) is 3.60. The monoisotopic (exact) mass is 398 g/mol. The van der Waals surface area contributed by atoms with Crippen LogP contribution < -0.4 is 10.6 Å². The third-order valence-electron chi connectivity index (χ3n) is 4.18. The number of benzene rings is 2. The molecule has 1 aromatic heterocycles. The first kappa shape index (κ1) is 19.5. The van der Waals surface area contributed by atoms with Gasteiger partial charge >= 0.3 is 0 Å². The van der Waals surface area contributed by atoms with Crippen LogP contribution in [0.15, 0.2) is 54.7 Å². The second kappa shape index (κ2) is 8.62. The van der Waals surface area contributed by atoms with Crippen LogP contribution in [0.3, 0.4) is 0 Å². The molecule has 3 N–H and O–H groups in total. The average Bonchev–Trinajstić information content (AvgIpc) is 3.08. The van der Waals surface area contributed by atoms with E-state index in [0.717, 1.165) is 17.7 Å². The lowest BCUT2D eigenvalue weighted by Gasteiger charge is -2.11. The van der Waals surface area contributed by atoms with Crippen LogP contribution in [0.5, 0.6) is 0 Å². The zero-order chi connectivity index (χ0) is 20.1. The number of aromatic nitrogens is 2. The molecule has 0 aliphatic rings. The molecular weight excluding hydrogens is 379 g/mol. The standard InChI is InChI=1S/C20H19FN4O2S/c1-2-13-5-3-4-6-16(13)24-18(26)12-22-19(27)17-11-23-20(28)25(17)15-9-7-14(21)8-10-15/h3-11H,2,12H2,1H3,(H,22,27)(H,23,28)(H,24,26). The fourth-order valence-electron chi connectivity index (χ4n) is 2.78. The highest BCUT2D eigenvalue weighted by Crippen LogP contribution is 2.15. The Morgan fingerprint density at radius 1 is 1.14 bits per heavy atom. The summed E-state index contributed by atoms with van der Waals surface area (Å²) in [5, 5.41) is 5.37. The largest absolute Gasteiger partial charge is 0.342 e. The van der Waals surface area contributed by atoms with Crippen LogP contribution in [-0.2, 0) is 11.2 Å². The van der Waals surface area contributed by atoms with E-state index in [4.69, 9.17) is 12.2 Å². The first-order valence-electron chi connectivity index (χ1n) is 8.72. The topological polar surface area (TPSA) is 78.9 Å². The van der Waals surface area contributed by atoms with Gasteiger partial charge in [-0.25, -0.2) is 4.39 Å². The lowest BCUT2D eigenvalue weighted by atomic mass is 10.1. The van der Waals surface area contributed by atoms with E-state index in [-0.39, 0.29) is 28.7 Å². The van der Waals surface area contributed by atoms with Gasteiger partial charge in [0.2, 0.25) is 5.91 Å². The summed E-state index contributed by atoms with van der Waals surface area (Å²) in [6.07, 6.45) is 2.23. The van der Waals surface area contributed by atoms with Gasteiger partial charge in [-0.05, 0) is 54.5 Å². The second-order valence-corrected chi connectivity index (χ2v) is 6.42. The van der Waals surface area contributed by atoms with Gasteiger partial charge in [-0.1, -0.05) is 25.1 Å². The van der Waals surface area contributed by atoms with Crippen molar-refractivity contribution in [1.82, 2.24) is 14.9 Å². The highest BCUT2D eigenvalue weighted by Gasteiger charge is 2.16. The Hall–Kier alpha value is -3.26. The van der Waals surface area contributed by atoms with Gasteiger partial charge in [0, 0.05) is 17.6 Å². The molecule has 0 saturated heterocycles. The normalized spacial score (nSPS) is 10.5. The average molecular weight is 398 g/mol. The third-order valence-corrected chi connectivity index (χ3v) is 4.48. The number of hydrogen-bond acceptors (Lipinski definition) is 3. The number of para-hydroxylation sites is 1. The molecule has 0 bridgehead atoms. The summed E-state index contributed by atoms with van der Waals surface area (Å²) < 4.78 is 14.9. The Morgan fingerprint density at radius 2 is 1.86 bits per heavy atom. The van der Waals surface area contributed by atoms with Crippen LogP contribution in [0.2, 0.25) is 0 Å². The van der Waals surface area contributed by atoms with Crippen molar-refractivity contribution in [3.8, 4) is 5.69 Å². The minimum absolute atomic E-state index is 0.196. The summed E-state index contributed by atoms with van der Waals surface area (Å²) >= 11 is 5.21. The molecule has 0 spiro atoms. The summed E-state index contributed by atoms with van der Waals surface area (Å²) in [7, 11) is 0. The molecule has 0 atom stereocenters. The first-order chi connectivity index (χ1) is 13.5. The molecule has 6 nitrogen and oxygen atoms in total. The van der Waals surface area contributed by atoms with Gasteiger partial charge in [-0.15, -0.1) is 0 Å². The van der Waals surface area contributed by atoms with E-state index < -0.39 is 5.91 Å². The van der Waals surface area contributed by atoms with Gasteiger partial charge in [0.05, 0.1) is 6.54 Å². The number of carbonyl (C=O) groups excluding carboxylic acids is 2. The van der Waals surface area contributed by atoms with Crippen molar-refractivity contribution < 1.29 is 14.0 Å². The van der Waals surface area contributed by atoms with E-state index in [1.165, 1.54) is 35.0 Å². The van der Waals surface area contributed by atoms with Crippen molar-refractivity contribution >= 4 is 29.7 Å². The quantitative estimate of drug-likeness (QED) is 0.555. The Bertz CT molecular complexity index is 1060. The maximum absolute atomic E-state index is 13.2. The summed E-state index contributed by atoms with van der Waals surface area (Å²) in [6.45, 7) is 1.80. The van der Waals surface area contributed by atoms with Gasteiger partial charge < -0.3 is 15.6 Å². The van der Waals surface area contributed by atoms with Gasteiger partial charge in [0.15, 0.2) is 4.77 Å². The predicted molar refractivity (Wildman–Crippen MR) is 108 cm³/mol. The zero-order valence-corrected chi connectivity index (χ0v) is 16.0. The summed E-state index contributed by atoms with van der Waals surface area (Å²) in [6, 6.07) is 13.1. The number of carbonyl (C=O) groups is 2. The number of anilines is 1. The van der Waals surface area contributed by atoms with Crippen molar-refractivity contribution in [2.24, 2.45) is 0 Å². The molecule has 0 aliphatic carbocycles. The van der Waals surface area contributed by atoms with Crippen molar-refractivity contribution in [1.29, 1.82) is 0 Å². The smallest absolute Gasteiger partial charge is 0.270 e. The van der Waals surface area contributed by atoms with Crippen molar-refractivity contribution in [2.75, 3.05) is 11.9 Å². The zero-order valence-electron chi connectivity index (χ0n) is 15.2. The number of nitrogens with zero attached hydrogens (tertiary/aromatic N) is 1. The van der Waals surface area contributed by atoms with Crippen LogP contribution in [0.25, 0.3) is 5.69 Å². The lowest BCUT2D eigenvalue weighted by molar-refractivity contribution is -0.115. The highest BCUT2D eigenvalue weighted by molar-refractivity contribution is 7.71. The van der Waals surface area contributed by atoms with Crippen molar-refractivity contribution in [3.05, 3.63) is 76.6 Å². The molecule has 2 amide bonds. The van der Waals surface area contributed by atoms with Crippen LogP contribution in [0.1, 0.15) is 23.0 Å². The number of rotatable bonds is 6. The maximum atomic E-state index is 13.2. The Balaban J connectivity index is 1.70. The molecular formula is C20H19FN4O2S. The fraction of sp³-hybridized carbons (Fsp3) is 0.150. The second-order valence-electron chi connectivity index (χ2n) is 6.03. The van der Waals surface area contributed by atoms with Crippen molar-refractivity contribution in [2.45, 2.75) is 13.3 Å². The van der Waals surface area contributed by atoms with E-state index in [1.54, 1.807) is 0 Å². The lowest BCUT2D eigenvalue weighted by Crippen LogP contribution is -2.34. The molecule has 2 aromatic carbocycles. The van der Waals surface area contributed by atoms with Gasteiger partial charge in [0.1, 0.15) is 11.5 Å². The molecule has 3 rings (SSSR count). The Labute approximate surface area is 166 Å². The molecule has 144 valence electrons. The molecule has 0 fully saturated rings. The van der Waals surface area contributed by atoms with Crippen LogP contribution in [-0.4, -0.2) is 27.9 Å². The van der Waals surface area contributed by atoms with E-state index in [0.29, 0.717) is 5.69 Å². The van der Waals surface area contributed by atoms with Gasteiger partial charge in [0.25, 0.3) is 5.91 Å². The molecule has 1 heterocycles. The highest BCUT2D eigenvalue weighted by atomic mass is 32.1. The number of hydrogen-bond donors (Lipinski definition) is 3. The van der Waals surface area contributed by atoms with Gasteiger partial charge in [-0.2, -0.15) is 0 Å². The number of imidazole rings is 1. The van der Waals surface area contributed by atoms with E-state index in [1.807, 2.05) is 31.2 Å². The fourth-order valence-corrected chi connectivity index (χ4v) is 3.04. The molecule has 0 aliphatic heterocycles. The molecule has 0 saturated carbocycles. The van der Waals surface area contributed by atoms with Gasteiger partial charge in [-0.3, -0.25) is 14.2 Å². The Morgan fingerprint density at radius 3 is 2.57 bits per heavy atom. The summed E-state index contributed by atoms with van der Waals surface area (Å²) in [4.78, 5) is 27.6. The molecule has 28 heavy (non-hydrogen) atoms. The summed E-state index contributed by atoms with van der Waals surface area (Å²) in [5.41, 5.74) is 2.50. The number of aromatic amines is 1. The van der Waals surface area contributed by atoms with Crippen LogP contribution in [0, 0.1) is 10.6 Å². The van der Waals surface area contributed by atoms with Crippen LogP contribution in [0.4, 0.5) is 10.1 Å². The van der Waals surface area contributed by atoms with E-state index in [9.17, 15) is 14.0 Å². The minimum atomic E-state index is -0.476. The number of halogens is 1. The van der Waals surface area contributed by atoms with Crippen molar-refractivity contribution in [3.63, 3.8) is 0 Å². The molecule has 0 radical (unpaired) electrons. The Kier molecular flexibility index (Phi) is 6.00. The number of nitrogens with one attached hydrogen (secondary N) is 3. The molecule has 0 unspecified atom stereocenters. The SMILES string of the molecule is CCc1ccccc1NC(=O)CNC(=O)c1c[nH]c(=S)n1-c1ccc(F)cc1. The maximum Gasteiger partial charge on any atom is 0.270 e. The minimum Gasteiger partial charge on any atom is -0.342 e. The summed E-state index contributed by atoms with van der Waals surface area (Å²) in [5.74, 6) is -1.20. The first-order valence-corrected chi connectivity index (χ1v) is 9.12. The number of H-pyrrole nitrogens is 1. The number of aryl methyl sites for hydroxylation is 1. The van der Waals surface area contributed by atoms with Crippen LogP contribution >= 0.6 is 12.2 Å². The third kappa shape index (κ3) is 4.34. The molecule has 8 heteroatoms. The van der Waals surface area contributed by atoms with E-state index >= 15 is 0 Å². The molecule has 3 aromatic rings. The van der Waals surface area contributed by atoms with E-state index in [2.05, 4.69) is 15.6 Å².